The maximum Gasteiger partial charge on any atom is 0.251 e. The van der Waals surface area contributed by atoms with E-state index in [1.807, 2.05) is 13.8 Å². The highest BCUT2D eigenvalue weighted by Gasteiger charge is 2.26. The highest BCUT2D eigenvalue weighted by atomic mass is 16.2. The van der Waals surface area contributed by atoms with E-state index < -0.39 is 23.9 Å². The molecular formula is C15H21N3O3. The smallest absolute Gasteiger partial charge is 0.251 e. The third-order valence-electron chi connectivity index (χ3n) is 3.06. The van der Waals surface area contributed by atoms with Crippen molar-refractivity contribution in [3.8, 4) is 0 Å². The van der Waals surface area contributed by atoms with Crippen LogP contribution in [0.5, 0.6) is 0 Å². The van der Waals surface area contributed by atoms with E-state index in [4.69, 9.17) is 5.73 Å². The third kappa shape index (κ3) is 4.91. The molecule has 2 unspecified atom stereocenters. The van der Waals surface area contributed by atoms with Crippen LogP contribution < -0.4 is 16.4 Å². The summed E-state index contributed by atoms with van der Waals surface area (Å²) in [6.07, 6.45) is 0. The van der Waals surface area contributed by atoms with Crippen LogP contribution in [0.1, 0.15) is 31.1 Å². The Bertz CT molecular complexity index is 514. The van der Waals surface area contributed by atoms with Gasteiger partial charge in [0.15, 0.2) is 0 Å². The van der Waals surface area contributed by atoms with Crippen molar-refractivity contribution in [2.24, 2.45) is 11.7 Å². The van der Waals surface area contributed by atoms with Crippen LogP contribution in [0.25, 0.3) is 0 Å². The number of carbonyl (C=O) groups excluding carboxylic acids is 3. The minimum Gasteiger partial charge on any atom is -0.368 e. The van der Waals surface area contributed by atoms with E-state index >= 15 is 0 Å². The van der Waals surface area contributed by atoms with Crippen molar-refractivity contribution in [3.05, 3.63) is 35.9 Å². The standard InChI is InChI=1S/C15H21N3O3/c1-9(2)12(15(21)17-10(3)13(16)19)18-14(20)11-7-5-4-6-8-11/h4-10,12H,1-3H3,(H2,16,19)(H,17,21)(H,18,20). The fraction of sp³-hybridized carbons (Fsp3) is 0.400. The zero-order valence-electron chi connectivity index (χ0n) is 12.4. The molecule has 0 radical (unpaired) electrons. The molecule has 0 aromatic heterocycles. The van der Waals surface area contributed by atoms with Gasteiger partial charge in [-0.2, -0.15) is 0 Å². The molecule has 1 aromatic carbocycles. The zero-order chi connectivity index (χ0) is 16.0. The first-order valence-electron chi connectivity index (χ1n) is 6.78. The van der Waals surface area contributed by atoms with Gasteiger partial charge in [0, 0.05) is 5.56 Å². The number of benzene rings is 1. The SMILES string of the molecule is CC(NC(=O)C(NC(=O)c1ccccc1)C(C)C)C(N)=O. The van der Waals surface area contributed by atoms with Crippen LogP contribution in [0.3, 0.4) is 0 Å². The van der Waals surface area contributed by atoms with Crippen molar-refractivity contribution in [2.75, 3.05) is 0 Å². The lowest BCUT2D eigenvalue weighted by Gasteiger charge is -2.23. The first kappa shape index (κ1) is 16.7. The Balaban J connectivity index is 2.76. The van der Waals surface area contributed by atoms with E-state index in [0.717, 1.165) is 0 Å². The Morgan fingerprint density at radius 3 is 2.05 bits per heavy atom. The number of carbonyl (C=O) groups is 3. The second-order valence-corrected chi connectivity index (χ2v) is 5.19. The molecule has 0 aliphatic rings. The van der Waals surface area contributed by atoms with Crippen LogP contribution in [0.4, 0.5) is 0 Å². The second kappa shape index (κ2) is 7.42. The molecule has 21 heavy (non-hydrogen) atoms. The predicted octanol–water partition coefficient (Wildman–Crippen LogP) is 0.431. The van der Waals surface area contributed by atoms with Crippen molar-refractivity contribution >= 4 is 17.7 Å². The van der Waals surface area contributed by atoms with Crippen molar-refractivity contribution in [2.45, 2.75) is 32.9 Å². The number of amides is 3. The second-order valence-electron chi connectivity index (χ2n) is 5.19. The van der Waals surface area contributed by atoms with Crippen LogP contribution in [-0.2, 0) is 9.59 Å². The van der Waals surface area contributed by atoms with Crippen LogP contribution in [0.15, 0.2) is 30.3 Å². The van der Waals surface area contributed by atoms with E-state index in [1.165, 1.54) is 6.92 Å². The molecule has 0 saturated carbocycles. The van der Waals surface area contributed by atoms with Crippen LogP contribution in [0, 0.1) is 5.92 Å². The Kier molecular flexibility index (Phi) is 5.90. The molecule has 2 atom stereocenters. The third-order valence-corrected chi connectivity index (χ3v) is 3.06. The molecule has 6 heteroatoms. The number of nitrogens with two attached hydrogens (primary N) is 1. The molecule has 114 valence electrons. The molecule has 6 nitrogen and oxygen atoms in total. The lowest BCUT2D eigenvalue weighted by Crippen LogP contribution is -2.53. The molecule has 0 bridgehead atoms. The summed E-state index contributed by atoms with van der Waals surface area (Å²) in [6.45, 7) is 5.12. The van der Waals surface area contributed by atoms with Gasteiger partial charge in [-0.05, 0) is 25.0 Å². The number of nitrogens with one attached hydrogen (secondary N) is 2. The molecule has 0 saturated heterocycles. The molecule has 0 aliphatic heterocycles. The largest absolute Gasteiger partial charge is 0.368 e. The lowest BCUT2D eigenvalue weighted by molar-refractivity contribution is -0.128. The van der Waals surface area contributed by atoms with Gasteiger partial charge in [-0.15, -0.1) is 0 Å². The minimum atomic E-state index is -0.785. The normalized spacial score (nSPS) is 13.3. The van der Waals surface area contributed by atoms with Crippen LogP contribution in [-0.4, -0.2) is 29.8 Å². The van der Waals surface area contributed by atoms with Gasteiger partial charge in [-0.3, -0.25) is 14.4 Å². The number of primary amides is 1. The van der Waals surface area contributed by atoms with E-state index in [0.29, 0.717) is 5.56 Å². The van der Waals surface area contributed by atoms with Gasteiger partial charge in [0.2, 0.25) is 11.8 Å². The highest BCUT2D eigenvalue weighted by molar-refractivity contribution is 5.98. The van der Waals surface area contributed by atoms with Gasteiger partial charge in [0.1, 0.15) is 12.1 Å². The minimum absolute atomic E-state index is 0.127. The maximum atomic E-state index is 12.1. The average molecular weight is 291 g/mol. The van der Waals surface area contributed by atoms with E-state index in [-0.39, 0.29) is 11.8 Å². The zero-order valence-corrected chi connectivity index (χ0v) is 12.4. The Hall–Kier alpha value is -2.37. The Labute approximate surface area is 124 Å². The highest BCUT2D eigenvalue weighted by Crippen LogP contribution is 2.05. The summed E-state index contributed by atoms with van der Waals surface area (Å²) in [6, 6.07) is 7.10. The molecule has 0 aliphatic carbocycles. The summed E-state index contributed by atoms with van der Waals surface area (Å²) < 4.78 is 0. The lowest BCUT2D eigenvalue weighted by atomic mass is 10.0. The first-order valence-corrected chi connectivity index (χ1v) is 6.78. The molecular weight excluding hydrogens is 270 g/mol. The molecule has 0 fully saturated rings. The van der Waals surface area contributed by atoms with Gasteiger partial charge in [0.05, 0.1) is 0 Å². The van der Waals surface area contributed by atoms with E-state index in [9.17, 15) is 14.4 Å². The molecule has 0 spiro atoms. The van der Waals surface area contributed by atoms with Crippen molar-refractivity contribution in [1.82, 2.24) is 10.6 Å². The van der Waals surface area contributed by atoms with Crippen LogP contribution >= 0.6 is 0 Å². The van der Waals surface area contributed by atoms with Gasteiger partial charge < -0.3 is 16.4 Å². The summed E-state index contributed by atoms with van der Waals surface area (Å²) in [4.78, 5) is 35.2. The van der Waals surface area contributed by atoms with Crippen molar-refractivity contribution in [1.29, 1.82) is 0 Å². The number of hydrogen-bond acceptors (Lipinski definition) is 3. The first-order chi connectivity index (χ1) is 9.82. The van der Waals surface area contributed by atoms with Gasteiger partial charge in [0.25, 0.3) is 5.91 Å². The topological polar surface area (TPSA) is 101 Å². The van der Waals surface area contributed by atoms with Crippen molar-refractivity contribution in [3.63, 3.8) is 0 Å². The van der Waals surface area contributed by atoms with E-state index in [1.54, 1.807) is 30.3 Å². The summed E-state index contributed by atoms with van der Waals surface area (Å²) >= 11 is 0. The predicted molar refractivity (Wildman–Crippen MR) is 79.3 cm³/mol. The molecule has 4 N–H and O–H groups in total. The Morgan fingerprint density at radius 1 is 1.00 bits per heavy atom. The summed E-state index contributed by atoms with van der Waals surface area (Å²) in [5.74, 6) is -1.52. The average Bonchev–Trinajstić information content (AvgIpc) is 2.44. The van der Waals surface area contributed by atoms with Gasteiger partial charge >= 0.3 is 0 Å². The Morgan fingerprint density at radius 2 is 1.57 bits per heavy atom. The molecule has 1 rings (SSSR count). The fourth-order valence-electron chi connectivity index (χ4n) is 1.72. The summed E-state index contributed by atoms with van der Waals surface area (Å²) in [5, 5.41) is 5.16. The number of rotatable bonds is 6. The molecule has 1 aromatic rings. The monoisotopic (exact) mass is 291 g/mol. The fourth-order valence-corrected chi connectivity index (χ4v) is 1.72. The molecule has 3 amide bonds. The maximum absolute atomic E-state index is 12.1. The van der Waals surface area contributed by atoms with Gasteiger partial charge in [-0.25, -0.2) is 0 Å². The van der Waals surface area contributed by atoms with E-state index in [2.05, 4.69) is 10.6 Å². The quantitative estimate of drug-likeness (QED) is 0.708. The van der Waals surface area contributed by atoms with Gasteiger partial charge in [-0.1, -0.05) is 32.0 Å². The number of hydrogen-bond donors (Lipinski definition) is 3. The summed E-state index contributed by atoms with van der Waals surface area (Å²) in [7, 11) is 0. The molecule has 0 heterocycles. The van der Waals surface area contributed by atoms with Crippen molar-refractivity contribution < 1.29 is 14.4 Å². The van der Waals surface area contributed by atoms with Crippen LogP contribution in [0.2, 0.25) is 0 Å². The summed E-state index contributed by atoms with van der Waals surface area (Å²) in [5.41, 5.74) is 5.58.